The molecule has 113 heavy (non-hydrogen) atoms. The first-order valence-corrected chi connectivity index (χ1v) is 36.6. The highest BCUT2D eigenvalue weighted by Crippen LogP contribution is 2.36. The van der Waals surface area contributed by atoms with Gasteiger partial charge in [-0.05, 0) is 171 Å². The number of hydrogen-bond acceptors (Lipinski definition) is 25. The topological polar surface area (TPSA) is 346 Å². The third kappa shape index (κ3) is 22.7. The summed E-state index contributed by atoms with van der Waals surface area (Å²) in [5.41, 5.74) is 15.8. The zero-order chi connectivity index (χ0) is 80.5. The van der Waals surface area contributed by atoms with Crippen LogP contribution in [0.3, 0.4) is 0 Å². The van der Waals surface area contributed by atoms with Crippen LogP contribution in [0.4, 0.5) is 34.8 Å². The minimum absolute atomic E-state index is 0.0270. The summed E-state index contributed by atoms with van der Waals surface area (Å²) in [4.78, 5) is 66.9. The van der Waals surface area contributed by atoms with Crippen molar-refractivity contribution in [1.29, 1.82) is 0 Å². The van der Waals surface area contributed by atoms with Crippen LogP contribution in [0.1, 0.15) is 116 Å². The number of anilines is 3. The number of hydrogen-bond donors (Lipinski definition) is 4. The molecule has 0 amide bonds. The molecule has 13 aromatic heterocycles. The fraction of sp³-hybridized carbons (Fsp3) is 0.256. The molecule has 28 nitrogen and oxygen atoms in total. The van der Waals surface area contributed by atoms with Gasteiger partial charge >= 0.3 is 7.12 Å². The van der Waals surface area contributed by atoms with Gasteiger partial charge in [0.15, 0.2) is 22.1 Å². The number of nitrogen functional groups attached to an aromatic ring is 1. The summed E-state index contributed by atoms with van der Waals surface area (Å²) in [7, 11) is 1.32. The largest absolute Gasteiger partial charge is 0.493 e. The average molecular weight is 1630 g/mol. The van der Waals surface area contributed by atoms with E-state index in [0.29, 0.717) is 90.6 Å². The summed E-state index contributed by atoms with van der Waals surface area (Å²) in [6.45, 7) is 22.3. The van der Waals surface area contributed by atoms with E-state index in [0.717, 1.165) is 115 Å². The second-order valence-corrected chi connectivity index (χ2v) is 26.2. The molecule has 3 saturated heterocycles. The van der Waals surface area contributed by atoms with Crippen molar-refractivity contribution >= 4 is 115 Å². The minimum atomic E-state index is -1.84. The quantitative estimate of drug-likeness (QED) is 0.0340. The molecule has 0 spiro atoms. The van der Waals surface area contributed by atoms with Crippen molar-refractivity contribution in [2.45, 2.75) is 97.2 Å². The lowest BCUT2D eigenvalue weighted by atomic mass is 9.80. The Labute approximate surface area is 661 Å². The number of halogens is 6. The van der Waals surface area contributed by atoms with Gasteiger partial charge < -0.3 is 44.8 Å². The molecule has 3 aliphatic rings. The van der Waals surface area contributed by atoms with Crippen molar-refractivity contribution in [3.05, 3.63) is 229 Å². The van der Waals surface area contributed by atoms with Crippen LogP contribution in [0, 0.1) is 44.6 Å². The van der Waals surface area contributed by atoms with Gasteiger partial charge in [0.1, 0.15) is 69.9 Å². The fourth-order valence-electron chi connectivity index (χ4n) is 11.4. The Bertz CT molecular complexity index is 5330. The Morgan fingerprint density at radius 1 is 0.504 bits per heavy atom. The molecule has 5 N–H and O–H groups in total. The number of nitrogens with two attached hydrogens (primary N) is 1. The fourth-order valence-corrected chi connectivity index (χ4v) is 11.8. The second-order valence-electron chi connectivity index (χ2n) is 24.9. The molecule has 0 aromatic carbocycles. The molecular weight excluding hydrogens is 1550 g/mol. The molecule has 3 fully saturated rings. The molecule has 16 rings (SSSR count). The Kier molecular flexibility index (Phi) is 30.3. The summed E-state index contributed by atoms with van der Waals surface area (Å²) in [6.07, 6.45) is 31.6. The molecular formula is C78H80BBrClF4N21O7. The zero-order valence-corrected chi connectivity index (χ0v) is 64.7. The molecule has 0 radical (unpaired) electrons. The Balaban J connectivity index is 0.000000149. The third-order valence-electron chi connectivity index (χ3n) is 17.0. The molecule has 3 aliphatic heterocycles. The van der Waals surface area contributed by atoms with Crippen LogP contribution < -0.4 is 26.0 Å². The van der Waals surface area contributed by atoms with E-state index in [2.05, 4.69) is 117 Å². The van der Waals surface area contributed by atoms with E-state index in [9.17, 15) is 17.6 Å². The summed E-state index contributed by atoms with van der Waals surface area (Å²) >= 11 is 9.16. The van der Waals surface area contributed by atoms with Gasteiger partial charge in [0, 0.05) is 78.4 Å². The van der Waals surface area contributed by atoms with E-state index in [4.69, 9.17) is 61.0 Å². The normalized spacial score (nSPS) is 14.9. The number of nitrogens with zero attached hydrogens (tertiary/aromatic N) is 19. The van der Waals surface area contributed by atoms with Crippen molar-refractivity contribution in [3.63, 3.8) is 0 Å². The van der Waals surface area contributed by atoms with Crippen molar-refractivity contribution in [1.82, 2.24) is 93.4 Å². The lowest BCUT2D eigenvalue weighted by molar-refractivity contribution is -0.0299. The predicted molar refractivity (Wildman–Crippen MR) is 428 cm³/mol. The van der Waals surface area contributed by atoms with Crippen LogP contribution in [0.5, 0.6) is 11.8 Å². The first kappa shape index (κ1) is 83.7. The first-order valence-electron chi connectivity index (χ1n) is 35.4. The molecule has 584 valence electrons. The maximum Gasteiger partial charge on any atom is 0.493 e. The summed E-state index contributed by atoms with van der Waals surface area (Å²) in [5.74, 6) is 1.23. The van der Waals surface area contributed by atoms with Gasteiger partial charge in [0.2, 0.25) is 35.6 Å². The number of ether oxygens (including phenoxy) is 5. The number of pyridine rings is 7. The SMILES string of the molecule is C=Cc1ccc(F)nc1.C=Cc1cnc(F)c(-c2nc(C)nc3c2ncn3C2CCCCO2)c1.C=Cc1cnc(F)c(B(O)O)c1.C=Cc1cnc(Nc2ccc(OC)nc2)c(-c2nc(C)nc3c2ncn3C2CCCCO2)c1.COc1ccc(N)cn1.Cc1nc(Cl)c2ncn(C3CCCCO3)c2n1.Fc1ccc(Br)cn1. The third-order valence-corrected chi connectivity index (χ3v) is 17.7. The standard InChI is InChI=1S/C24H25N7O2.C18H18FN5O.C11H13ClN4O.C7H7BFNO2.C7H6FN.C6H8N2O.C5H3BrFN/c1-4-16-11-18(23(26-12-16)30-17-8-9-19(32-3)25-13-17)21-22-24(29-15(2)28-21)31(14-27-22)20-7-5-6-10-33-20;1-3-12-8-13(17(19)20-9-12)15-16-18(23-11(2)22-15)24(10-21-16)14-6-4-5-7-25-14;1-7-14-10(12)9-11(15-7)16(6-13-9)8-4-2-3-5-17-8;1-2-5-3-6(8(11)12)7(9)10-4-5;1-2-6-3-4-7(8)9-5-6;1-9-6-3-2-5(7)4-8-6;6-4-1-2-5(7)8-3-4/h4,8-9,11-14,20H,1,5-7,10H2,2-3H3,(H,26,30);3,8-10,14H,1,4-7H2,2H3;6,8H,2-5H2,1H3;2-4,11-12H,1H2;2-5H,1H2;2-4H,7H2,1H3;1-3H. The number of nitrogens with one attached hydrogen (secondary N) is 1. The summed E-state index contributed by atoms with van der Waals surface area (Å²) < 4.78 is 85.2. The molecule has 3 atom stereocenters. The molecule has 3 unspecified atom stereocenters. The molecule has 0 bridgehead atoms. The number of imidazole rings is 3. The van der Waals surface area contributed by atoms with E-state index in [1.807, 2.05) is 39.7 Å². The Morgan fingerprint density at radius 3 is 1.40 bits per heavy atom. The van der Waals surface area contributed by atoms with Crippen LogP contribution >= 0.6 is 27.5 Å². The lowest BCUT2D eigenvalue weighted by Gasteiger charge is -2.23. The van der Waals surface area contributed by atoms with Gasteiger partial charge in [-0.1, -0.05) is 62.2 Å². The highest BCUT2D eigenvalue weighted by atomic mass is 79.9. The molecule has 35 heteroatoms. The number of fused-ring (bicyclic) bond motifs is 3. The predicted octanol–water partition coefficient (Wildman–Crippen LogP) is 14.9. The number of rotatable bonds is 14. The Hall–Kier alpha value is -11.8. The monoisotopic (exact) mass is 1620 g/mol. The lowest BCUT2D eigenvalue weighted by Crippen LogP contribution is -2.33. The van der Waals surface area contributed by atoms with E-state index >= 15 is 0 Å². The highest BCUT2D eigenvalue weighted by molar-refractivity contribution is 9.10. The smallest absolute Gasteiger partial charge is 0.481 e. The van der Waals surface area contributed by atoms with Crippen molar-refractivity contribution in [3.8, 4) is 34.3 Å². The van der Waals surface area contributed by atoms with E-state index in [1.165, 1.54) is 55.5 Å². The highest BCUT2D eigenvalue weighted by Gasteiger charge is 2.27. The van der Waals surface area contributed by atoms with Crippen LogP contribution in [-0.2, 0) is 14.2 Å². The van der Waals surface area contributed by atoms with Gasteiger partial charge in [-0.2, -0.15) is 17.6 Å². The maximum atomic E-state index is 14.3. The van der Waals surface area contributed by atoms with E-state index < -0.39 is 30.9 Å². The molecule has 0 saturated carbocycles. The maximum absolute atomic E-state index is 14.3. The molecule has 13 aromatic rings. The zero-order valence-electron chi connectivity index (χ0n) is 62.3. The van der Waals surface area contributed by atoms with Crippen LogP contribution in [-0.4, -0.2) is 145 Å². The van der Waals surface area contributed by atoms with Gasteiger partial charge in [0.05, 0.1) is 62.5 Å². The van der Waals surface area contributed by atoms with Gasteiger partial charge in [-0.15, -0.1) is 0 Å². The van der Waals surface area contributed by atoms with Crippen LogP contribution in [0.25, 0.3) is 80.3 Å². The van der Waals surface area contributed by atoms with Gasteiger partial charge in [-0.3, -0.25) is 13.7 Å². The van der Waals surface area contributed by atoms with Gasteiger partial charge in [-0.25, -0.2) is 79.7 Å². The van der Waals surface area contributed by atoms with E-state index in [-0.39, 0.29) is 24.1 Å². The van der Waals surface area contributed by atoms with Crippen molar-refractivity contribution in [2.24, 2.45) is 0 Å². The van der Waals surface area contributed by atoms with Crippen molar-refractivity contribution in [2.75, 3.05) is 45.1 Å². The van der Waals surface area contributed by atoms with Crippen molar-refractivity contribution < 1.29 is 51.3 Å². The van der Waals surface area contributed by atoms with E-state index in [1.54, 1.807) is 113 Å². The minimum Gasteiger partial charge on any atom is -0.481 e. The number of methoxy groups -OCH3 is 2. The Morgan fingerprint density at radius 2 is 0.956 bits per heavy atom. The first-order chi connectivity index (χ1) is 54.7. The van der Waals surface area contributed by atoms with Crippen LogP contribution in [0.15, 0.2) is 160 Å². The molecule has 16 heterocycles. The van der Waals surface area contributed by atoms with Gasteiger partial charge in [0.25, 0.3) is 0 Å². The second kappa shape index (κ2) is 40.9. The number of aryl methyl sites for hydroxylation is 3. The summed E-state index contributed by atoms with van der Waals surface area (Å²) in [5, 5.41) is 21.1. The number of aromatic nitrogens is 19. The summed E-state index contributed by atoms with van der Waals surface area (Å²) in [6, 6.07) is 17.9. The van der Waals surface area contributed by atoms with Crippen LogP contribution in [0.2, 0.25) is 5.15 Å². The average Bonchev–Trinajstić information content (AvgIpc) is 1.67. The molecule has 0 aliphatic carbocycles.